The number of hydrazone groups is 1. The smallest absolute Gasteiger partial charge is 0.312 e. The highest BCUT2D eigenvalue weighted by Crippen LogP contribution is 2.32. The van der Waals surface area contributed by atoms with Gasteiger partial charge in [0.2, 0.25) is 5.75 Å². The zero-order valence-electron chi connectivity index (χ0n) is 15.4. The fraction of sp³-hybridized carbons (Fsp3) is 0.263. The van der Waals surface area contributed by atoms with Crippen LogP contribution in [-0.2, 0) is 4.79 Å². The van der Waals surface area contributed by atoms with E-state index in [0.717, 1.165) is 18.7 Å². The standard InChI is InChI=1S/C19H20ClN3O5/c1-3-12(2)13-4-6-16(7-5-13)28-11-18(24)22-21-10-14-8-15(20)9-17(19(14)25)23(26)27/h4-10,12,25H,3,11H2,1-2H3,(H,22,24)/b21-10+. The predicted molar refractivity (Wildman–Crippen MR) is 106 cm³/mol. The summed E-state index contributed by atoms with van der Waals surface area (Å²) in [5, 5.41) is 24.4. The first kappa shape index (κ1) is 21.2. The number of phenolic OH excluding ortho intramolecular Hbond substituents is 1. The van der Waals surface area contributed by atoms with Gasteiger partial charge in [-0.15, -0.1) is 0 Å². The summed E-state index contributed by atoms with van der Waals surface area (Å²) in [4.78, 5) is 21.9. The normalized spacial score (nSPS) is 12.0. The highest BCUT2D eigenvalue weighted by molar-refractivity contribution is 6.31. The number of ether oxygens (including phenoxy) is 1. The van der Waals surface area contributed by atoms with Crippen LogP contribution >= 0.6 is 11.6 Å². The number of phenols is 1. The molecule has 148 valence electrons. The number of nitrogens with one attached hydrogen (secondary N) is 1. The van der Waals surface area contributed by atoms with Gasteiger partial charge in [0.05, 0.1) is 11.1 Å². The van der Waals surface area contributed by atoms with E-state index in [9.17, 15) is 20.0 Å². The van der Waals surface area contributed by atoms with Crippen molar-refractivity contribution in [2.24, 2.45) is 5.10 Å². The fourth-order valence-electron chi connectivity index (χ4n) is 2.33. The van der Waals surface area contributed by atoms with Gasteiger partial charge in [0.1, 0.15) is 5.75 Å². The van der Waals surface area contributed by atoms with Crippen LogP contribution in [0.15, 0.2) is 41.5 Å². The number of rotatable bonds is 8. The number of nitrogens with zero attached hydrogens (tertiary/aromatic N) is 2. The van der Waals surface area contributed by atoms with Gasteiger partial charge in [-0.05, 0) is 36.1 Å². The van der Waals surface area contributed by atoms with Crippen molar-refractivity contribution in [2.45, 2.75) is 26.2 Å². The van der Waals surface area contributed by atoms with Gasteiger partial charge in [0.25, 0.3) is 5.91 Å². The summed E-state index contributed by atoms with van der Waals surface area (Å²) in [5.74, 6) is -0.122. The van der Waals surface area contributed by atoms with Crippen molar-refractivity contribution in [3.63, 3.8) is 0 Å². The molecule has 0 aliphatic carbocycles. The lowest BCUT2D eigenvalue weighted by atomic mass is 9.99. The minimum absolute atomic E-state index is 0.000973. The number of amides is 1. The SMILES string of the molecule is CCC(C)c1ccc(OCC(=O)N/N=C/c2cc(Cl)cc([N+](=O)[O-])c2O)cc1. The molecule has 2 rings (SSSR count). The Hall–Kier alpha value is -3.13. The van der Waals surface area contributed by atoms with Gasteiger partial charge in [-0.1, -0.05) is 37.6 Å². The fourth-order valence-corrected chi connectivity index (χ4v) is 2.55. The molecule has 0 heterocycles. The summed E-state index contributed by atoms with van der Waals surface area (Å²) >= 11 is 5.78. The van der Waals surface area contributed by atoms with Crippen molar-refractivity contribution in [1.82, 2.24) is 5.43 Å². The van der Waals surface area contributed by atoms with Crippen LogP contribution in [-0.4, -0.2) is 28.8 Å². The Bertz CT molecular complexity index is 884. The molecule has 2 aromatic carbocycles. The molecule has 1 unspecified atom stereocenters. The first-order valence-corrected chi connectivity index (χ1v) is 8.91. The molecular formula is C19H20ClN3O5. The number of hydrogen-bond donors (Lipinski definition) is 2. The van der Waals surface area contributed by atoms with Gasteiger partial charge in [-0.25, -0.2) is 5.43 Å². The van der Waals surface area contributed by atoms with Crippen LogP contribution in [0.2, 0.25) is 5.02 Å². The third-order valence-electron chi connectivity index (χ3n) is 4.11. The maximum absolute atomic E-state index is 11.8. The maximum atomic E-state index is 11.8. The van der Waals surface area contributed by atoms with E-state index in [1.54, 1.807) is 12.1 Å². The summed E-state index contributed by atoms with van der Waals surface area (Å²) in [7, 11) is 0. The largest absolute Gasteiger partial charge is 0.502 e. The molecule has 9 heteroatoms. The molecule has 28 heavy (non-hydrogen) atoms. The summed E-state index contributed by atoms with van der Waals surface area (Å²) in [6.45, 7) is 3.98. The monoisotopic (exact) mass is 405 g/mol. The van der Waals surface area contributed by atoms with E-state index in [1.807, 2.05) is 12.1 Å². The molecule has 0 saturated heterocycles. The van der Waals surface area contributed by atoms with E-state index < -0.39 is 22.3 Å². The summed E-state index contributed by atoms with van der Waals surface area (Å²) in [5.41, 5.74) is 2.86. The predicted octanol–water partition coefficient (Wildman–Crippen LogP) is 4.00. The van der Waals surface area contributed by atoms with Crippen LogP contribution in [0, 0.1) is 10.1 Å². The van der Waals surface area contributed by atoms with Crippen molar-refractivity contribution in [3.05, 3.63) is 62.7 Å². The van der Waals surface area contributed by atoms with Crippen LogP contribution in [0.3, 0.4) is 0 Å². The Labute approximate surface area is 166 Å². The maximum Gasteiger partial charge on any atom is 0.312 e. The topological polar surface area (TPSA) is 114 Å². The van der Waals surface area contributed by atoms with Gasteiger partial charge in [0, 0.05) is 16.7 Å². The Morgan fingerprint density at radius 2 is 2.07 bits per heavy atom. The van der Waals surface area contributed by atoms with Crippen LogP contribution in [0.25, 0.3) is 0 Å². The van der Waals surface area contributed by atoms with E-state index in [4.69, 9.17) is 16.3 Å². The lowest BCUT2D eigenvalue weighted by molar-refractivity contribution is -0.385. The number of nitro groups is 1. The second-order valence-electron chi connectivity index (χ2n) is 6.08. The third-order valence-corrected chi connectivity index (χ3v) is 4.32. The lowest BCUT2D eigenvalue weighted by Crippen LogP contribution is -2.24. The Kier molecular flexibility index (Phi) is 7.34. The van der Waals surface area contributed by atoms with Gasteiger partial charge in [-0.2, -0.15) is 5.10 Å². The molecule has 0 fully saturated rings. The van der Waals surface area contributed by atoms with Gasteiger partial charge in [0.15, 0.2) is 6.61 Å². The van der Waals surface area contributed by atoms with Crippen LogP contribution in [0.4, 0.5) is 5.69 Å². The molecule has 0 saturated carbocycles. The molecule has 2 aromatic rings. The van der Waals surface area contributed by atoms with Crippen molar-refractivity contribution < 1.29 is 19.6 Å². The van der Waals surface area contributed by atoms with Gasteiger partial charge < -0.3 is 9.84 Å². The quantitative estimate of drug-likeness (QED) is 0.391. The summed E-state index contributed by atoms with van der Waals surface area (Å²) in [6, 6.07) is 9.80. The molecule has 2 N–H and O–H groups in total. The summed E-state index contributed by atoms with van der Waals surface area (Å²) in [6.07, 6.45) is 2.10. The molecule has 0 aliphatic heterocycles. The average Bonchev–Trinajstić information content (AvgIpc) is 2.68. The minimum Gasteiger partial charge on any atom is -0.502 e. The molecule has 8 nitrogen and oxygen atoms in total. The number of aromatic hydroxyl groups is 1. The van der Waals surface area contributed by atoms with Gasteiger partial charge in [-0.3, -0.25) is 14.9 Å². The molecule has 1 amide bonds. The second kappa shape index (κ2) is 9.70. The Morgan fingerprint density at radius 1 is 1.39 bits per heavy atom. The van der Waals surface area contributed by atoms with E-state index >= 15 is 0 Å². The average molecular weight is 406 g/mol. The third kappa shape index (κ3) is 5.68. The molecular weight excluding hydrogens is 386 g/mol. The van der Waals surface area contributed by atoms with E-state index in [0.29, 0.717) is 11.7 Å². The molecule has 1 atom stereocenters. The molecule has 0 bridgehead atoms. The Balaban J connectivity index is 1.91. The van der Waals surface area contributed by atoms with Crippen LogP contribution in [0.1, 0.15) is 37.3 Å². The molecule has 0 aliphatic rings. The highest BCUT2D eigenvalue weighted by Gasteiger charge is 2.17. The van der Waals surface area contributed by atoms with Crippen molar-refractivity contribution >= 4 is 29.4 Å². The van der Waals surface area contributed by atoms with Crippen molar-refractivity contribution in [2.75, 3.05) is 6.61 Å². The van der Waals surface area contributed by atoms with E-state index in [-0.39, 0.29) is 17.2 Å². The highest BCUT2D eigenvalue weighted by atomic mass is 35.5. The van der Waals surface area contributed by atoms with E-state index in [1.165, 1.54) is 11.6 Å². The van der Waals surface area contributed by atoms with Crippen LogP contribution in [0.5, 0.6) is 11.5 Å². The summed E-state index contributed by atoms with van der Waals surface area (Å²) < 4.78 is 5.39. The molecule has 0 radical (unpaired) electrons. The number of carbonyl (C=O) groups is 1. The molecule has 0 aromatic heterocycles. The first-order chi connectivity index (χ1) is 13.3. The van der Waals surface area contributed by atoms with Gasteiger partial charge >= 0.3 is 5.69 Å². The number of benzene rings is 2. The minimum atomic E-state index is -0.766. The second-order valence-corrected chi connectivity index (χ2v) is 6.52. The zero-order valence-corrected chi connectivity index (χ0v) is 16.1. The first-order valence-electron chi connectivity index (χ1n) is 8.53. The van der Waals surface area contributed by atoms with E-state index in [2.05, 4.69) is 24.4 Å². The number of carbonyl (C=O) groups excluding carboxylic acids is 1. The molecule has 0 spiro atoms. The number of nitro benzene ring substituents is 1. The van der Waals surface area contributed by atoms with Crippen molar-refractivity contribution in [1.29, 1.82) is 0 Å². The zero-order chi connectivity index (χ0) is 20.7. The number of halogens is 1. The van der Waals surface area contributed by atoms with Crippen LogP contribution < -0.4 is 10.2 Å². The van der Waals surface area contributed by atoms with Crippen molar-refractivity contribution in [3.8, 4) is 11.5 Å². The lowest BCUT2D eigenvalue weighted by Gasteiger charge is -2.10. The number of hydrogen-bond acceptors (Lipinski definition) is 6. The Morgan fingerprint density at radius 3 is 2.68 bits per heavy atom.